The second-order valence-electron chi connectivity index (χ2n) is 6.27. The van der Waals surface area contributed by atoms with Gasteiger partial charge in [0.15, 0.2) is 0 Å². The first-order valence-electron chi connectivity index (χ1n) is 7.83. The fraction of sp³-hybridized carbons (Fsp3) is 0.857. The van der Waals surface area contributed by atoms with Crippen LogP contribution in [0.3, 0.4) is 0 Å². The Kier molecular flexibility index (Phi) is 7.74. The molecule has 2 amide bonds. The lowest BCUT2D eigenvalue weighted by molar-refractivity contribution is -0.129. The summed E-state index contributed by atoms with van der Waals surface area (Å²) in [6, 6.07) is 0. The van der Waals surface area contributed by atoms with Crippen LogP contribution in [0.15, 0.2) is 0 Å². The molecule has 1 saturated carbocycles. The van der Waals surface area contributed by atoms with Gasteiger partial charge in [-0.05, 0) is 25.2 Å². The highest BCUT2D eigenvalue weighted by molar-refractivity contribution is 6.43. The molecule has 0 bridgehead atoms. The molecule has 1 aliphatic carbocycles. The van der Waals surface area contributed by atoms with Crippen molar-refractivity contribution in [3.05, 3.63) is 0 Å². The van der Waals surface area contributed by atoms with Gasteiger partial charge in [-0.15, -0.1) is 0 Å². The van der Waals surface area contributed by atoms with Crippen molar-refractivity contribution in [3.63, 3.8) is 0 Å². The zero-order chi connectivity index (χ0) is 15.8. The molecule has 0 aromatic rings. The van der Waals surface area contributed by atoms with E-state index in [-0.39, 0.29) is 24.3 Å². The molecule has 0 aromatic carbocycles. The zero-order valence-electron chi connectivity index (χ0n) is 13.0. The lowest BCUT2D eigenvalue weighted by Gasteiger charge is -2.22. The quantitative estimate of drug-likeness (QED) is 0.505. The van der Waals surface area contributed by atoms with Crippen molar-refractivity contribution in [2.24, 2.45) is 11.8 Å². The molecule has 6 nitrogen and oxygen atoms in total. The molecular formula is C14H27BN2O4. The van der Waals surface area contributed by atoms with E-state index in [4.69, 9.17) is 0 Å². The summed E-state index contributed by atoms with van der Waals surface area (Å²) in [7, 11) is -1.59. The Bertz CT molecular complexity index is 344. The molecule has 0 radical (unpaired) electrons. The van der Waals surface area contributed by atoms with E-state index in [1.165, 1.54) is 6.42 Å². The van der Waals surface area contributed by atoms with Crippen LogP contribution in [0.4, 0.5) is 0 Å². The number of rotatable bonds is 7. The summed E-state index contributed by atoms with van der Waals surface area (Å²) in [5.41, 5.74) is 0. The third-order valence-corrected chi connectivity index (χ3v) is 3.83. The fourth-order valence-electron chi connectivity index (χ4n) is 2.70. The SMILES string of the molecule is CC(C)C[C@H](NC(=O)CNC(=O)C1CCCCC1)B(O)O. The van der Waals surface area contributed by atoms with Crippen LogP contribution in [-0.4, -0.2) is 41.5 Å². The standard InChI is InChI=1S/C14H27BN2O4/c1-10(2)8-12(15(20)21)17-13(18)9-16-14(19)11-6-4-3-5-7-11/h10-12,20-21H,3-9H2,1-2H3,(H,16,19)(H,17,18)/t12-/m0/s1. The Balaban J connectivity index is 2.33. The van der Waals surface area contributed by atoms with Crippen molar-refractivity contribution in [1.29, 1.82) is 0 Å². The molecule has 0 saturated heterocycles. The third-order valence-electron chi connectivity index (χ3n) is 3.83. The molecule has 1 atom stereocenters. The smallest absolute Gasteiger partial charge is 0.426 e. The molecule has 0 unspecified atom stereocenters. The molecule has 1 aliphatic rings. The Morgan fingerprint density at radius 2 is 1.81 bits per heavy atom. The van der Waals surface area contributed by atoms with Crippen molar-refractivity contribution in [2.45, 2.75) is 58.3 Å². The Morgan fingerprint density at radius 1 is 1.19 bits per heavy atom. The highest BCUT2D eigenvalue weighted by atomic mass is 16.4. The van der Waals surface area contributed by atoms with E-state index in [1.807, 2.05) is 13.8 Å². The molecule has 21 heavy (non-hydrogen) atoms. The van der Waals surface area contributed by atoms with Crippen LogP contribution in [0.2, 0.25) is 0 Å². The molecule has 1 rings (SSSR count). The minimum Gasteiger partial charge on any atom is -0.426 e. The molecule has 1 fully saturated rings. The normalized spacial score (nSPS) is 17.4. The summed E-state index contributed by atoms with van der Waals surface area (Å²) in [5.74, 6) is -0.924. The molecule has 7 heteroatoms. The number of carbonyl (C=O) groups is 2. The maximum Gasteiger partial charge on any atom is 0.475 e. The second-order valence-corrected chi connectivity index (χ2v) is 6.27. The van der Waals surface area contributed by atoms with E-state index in [1.54, 1.807) is 0 Å². The van der Waals surface area contributed by atoms with Gasteiger partial charge in [0.1, 0.15) is 0 Å². The van der Waals surface area contributed by atoms with Crippen molar-refractivity contribution in [2.75, 3.05) is 6.54 Å². The van der Waals surface area contributed by atoms with Crippen LogP contribution in [0.5, 0.6) is 0 Å². The fourth-order valence-corrected chi connectivity index (χ4v) is 2.70. The Hall–Kier alpha value is -1.08. The topological polar surface area (TPSA) is 98.7 Å². The van der Waals surface area contributed by atoms with Gasteiger partial charge < -0.3 is 20.7 Å². The number of carbonyl (C=O) groups excluding carboxylic acids is 2. The first kappa shape index (κ1) is 18.0. The lowest BCUT2D eigenvalue weighted by Crippen LogP contribution is -2.50. The van der Waals surface area contributed by atoms with Gasteiger partial charge in [-0.1, -0.05) is 33.1 Å². The van der Waals surface area contributed by atoms with Crippen molar-refractivity contribution >= 4 is 18.9 Å². The number of hydrogen-bond donors (Lipinski definition) is 4. The van der Waals surface area contributed by atoms with Gasteiger partial charge in [0.2, 0.25) is 11.8 Å². The summed E-state index contributed by atoms with van der Waals surface area (Å²) in [6.07, 6.45) is 5.56. The van der Waals surface area contributed by atoms with E-state index in [9.17, 15) is 19.6 Å². The van der Waals surface area contributed by atoms with Crippen LogP contribution in [-0.2, 0) is 9.59 Å². The predicted octanol–water partition coefficient (Wildman–Crippen LogP) is 0.226. The minimum absolute atomic E-state index is 0.0152. The molecule has 0 aromatic heterocycles. The maximum atomic E-state index is 11.9. The van der Waals surface area contributed by atoms with Gasteiger partial charge in [0.05, 0.1) is 12.5 Å². The summed E-state index contributed by atoms with van der Waals surface area (Å²) >= 11 is 0. The van der Waals surface area contributed by atoms with E-state index >= 15 is 0 Å². The first-order valence-corrected chi connectivity index (χ1v) is 7.83. The molecule has 120 valence electrons. The second kappa shape index (κ2) is 9.05. The average molecular weight is 298 g/mol. The van der Waals surface area contributed by atoms with Gasteiger partial charge in [0.25, 0.3) is 0 Å². The van der Waals surface area contributed by atoms with E-state index < -0.39 is 19.0 Å². The zero-order valence-corrected chi connectivity index (χ0v) is 13.0. The molecular weight excluding hydrogens is 271 g/mol. The minimum atomic E-state index is -1.59. The van der Waals surface area contributed by atoms with Crippen LogP contribution in [0, 0.1) is 11.8 Å². The third kappa shape index (κ3) is 6.95. The summed E-state index contributed by atoms with van der Waals surface area (Å²) in [5, 5.41) is 23.7. The van der Waals surface area contributed by atoms with Crippen LogP contribution in [0.25, 0.3) is 0 Å². The summed E-state index contributed by atoms with van der Waals surface area (Å²) < 4.78 is 0. The monoisotopic (exact) mass is 298 g/mol. The largest absolute Gasteiger partial charge is 0.475 e. The molecule has 0 heterocycles. The van der Waals surface area contributed by atoms with Gasteiger partial charge in [-0.3, -0.25) is 9.59 Å². The highest BCUT2D eigenvalue weighted by Gasteiger charge is 2.26. The molecule has 0 aliphatic heterocycles. The van der Waals surface area contributed by atoms with Gasteiger partial charge >= 0.3 is 7.12 Å². The number of amides is 2. The average Bonchev–Trinajstić information content (AvgIpc) is 2.44. The van der Waals surface area contributed by atoms with E-state index in [0.29, 0.717) is 6.42 Å². The predicted molar refractivity (Wildman–Crippen MR) is 81.2 cm³/mol. The van der Waals surface area contributed by atoms with E-state index in [2.05, 4.69) is 10.6 Å². The van der Waals surface area contributed by atoms with Crippen molar-refractivity contribution in [1.82, 2.24) is 10.6 Å². The van der Waals surface area contributed by atoms with Crippen LogP contribution < -0.4 is 10.6 Å². The van der Waals surface area contributed by atoms with Crippen LogP contribution >= 0.6 is 0 Å². The lowest BCUT2D eigenvalue weighted by atomic mass is 9.75. The van der Waals surface area contributed by atoms with Gasteiger partial charge in [-0.25, -0.2) is 0 Å². The van der Waals surface area contributed by atoms with Crippen LogP contribution in [0.1, 0.15) is 52.4 Å². The van der Waals surface area contributed by atoms with Crippen molar-refractivity contribution in [3.8, 4) is 0 Å². The molecule has 0 spiro atoms. The van der Waals surface area contributed by atoms with Gasteiger partial charge in [-0.2, -0.15) is 0 Å². The number of hydrogen-bond acceptors (Lipinski definition) is 4. The maximum absolute atomic E-state index is 11.9. The van der Waals surface area contributed by atoms with E-state index in [0.717, 1.165) is 25.7 Å². The van der Waals surface area contributed by atoms with Gasteiger partial charge in [0, 0.05) is 5.92 Å². The Labute approximate surface area is 126 Å². The summed E-state index contributed by atoms with van der Waals surface area (Å²) in [6.45, 7) is 3.76. The Morgan fingerprint density at radius 3 is 2.33 bits per heavy atom. The van der Waals surface area contributed by atoms with Crippen molar-refractivity contribution < 1.29 is 19.6 Å². The number of nitrogens with one attached hydrogen (secondary N) is 2. The molecule has 4 N–H and O–H groups in total. The first-order chi connectivity index (χ1) is 9.90. The summed E-state index contributed by atoms with van der Waals surface area (Å²) in [4.78, 5) is 23.7. The highest BCUT2D eigenvalue weighted by Crippen LogP contribution is 2.23.